The molecule has 120 valence electrons. The van der Waals surface area contributed by atoms with Crippen molar-refractivity contribution in [3.8, 4) is 0 Å². The number of benzene rings is 1. The molecule has 0 spiro atoms. The lowest BCUT2D eigenvalue weighted by atomic mass is 9.79. The van der Waals surface area contributed by atoms with E-state index in [1.54, 1.807) is 12.1 Å². The number of unbranched alkanes of at least 4 members (excludes halogenated alkanes) is 2. The number of hydrogen-bond donors (Lipinski definition) is 0. The maximum Gasteiger partial charge on any atom is 0.123 e. The van der Waals surface area contributed by atoms with Crippen molar-refractivity contribution in [3.05, 3.63) is 53.9 Å². The molecule has 0 bridgehead atoms. The predicted octanol–water partition coefficient (Wildman–Crippen LogP) is 6.78. The van der Waals surface area contributed by atoms with E-state index in [1.165, 1.54) is 63.5 Å². The lowest BCUT2D eigenvalue weighted by Crippen LogP contribution is -2.12. The maximum atomic E-state index is 12.8. The van der Waals surface area contributed by atoms with Crippen LogP contribution in [-0.2, 0) is 0 Å². The smallest absolute Gasteiger partial charge is 0.123 e. The van der Waals surface area contributed by atoms with Gasteiger partial charge in [-0.1, -0.05) is 69.0 Å². The van der Waals surface area contributed by atoms with Crippen molar-refractivity contribution in [1.82, 2.24) is 0 Å². The van der Waals surface area contributed by atoms with Crippen molar-refractivity contribution in [2.75, 3.05) is 0 Å². The Morgan fingerprint density at radius 2 is 1.73 bits per heavy atom. The SMILES string of the molecule is CCCCCC1CCC(C=CC=Cc2ccc(F)cc2)CC1. The zero-order valence-corrected chi connectivity index (χ0v) is 13.8. The summed E-state index contributed by atoms with van der Waals surface area (Å²) >= 11 is 0. The Hall–Kier alpha value is -1.37. The molecule has 1 aliphatic rings. The molecule has 1 fully saturated rings. The summed E-state index contributed by atoms with van der Waals surface area (Å²) in [5.41, 5.74) is 1.05. The highest BCUT2D eigenvalue weighted by atomic mass is 19.1. The average Bonchev–Trinajstić information content (AvgIpc) is 2.55. The van der Waals surface area contributed by atoms with Gasteiger partial charge in [0.15, 0.2) is 0 Å². The number of rotatable bonds is 7. The van der Waals surface area contributed by atoms with Gasteiger partial charge in [-0.05, 0) is 55.2 Å². The second-order valence-corrected chi connectivity index (χ2v) is 6.57. The van der Waals surface area contributed by atoms with Crippen LogP contribution in [0.5, 0.6) is 0 Å². The highest BCUT2D eigenvalue weighted by Crippen LogP contribution is 2.32. The largest absolute Gasteiger partial charge is 0.207 e. The van der Waals surface area contributed by atoms with Crippen LogP contribution in [0.25, 0.3) is 6.08 Å². The molecule has 0 unspecified atom stereocenters. The number of hydrogen-bond acceptors (Lipinski definition) is 0. The molecule has 0 atom stereocenters. The zero-order chi connectivity index (χ0) is 15.6. The van der Waals surface area contributed by atoms with E-state index < -0.39 is 0 Å². The predicted molar refractivity (Wildman–Crippen MR) is 94.2 cm³/mol. The summed E-state index contributed by atoms with van der Waals surface area (Å²) in [6.45, 7) is 2.28. The van der Waals surface area contributed by atoms with Crippen molar-refractivity contribution in [2.24, 2.45) is 11.8 Å². The monoisotopic (exact) mass is 300 g/mol. The van der Waals surface area contributed by atoms with Gasteiger partial charge in [-0.3, -0.25) is 0 Å². The highest BCUT2D eigenvalue weighted by Gasteiger charge is 2.18. The quantitative estimate of drug-likeness (QED) is 0.384. The molecule has 1 heteroatoms. The van der Waals surface area contributed by atoms with Crippen LogP contribution in [0.3, 0.4) is 0 Å². The first-order chi connectivity index (χ1) is 10.8. The second-order valence-electron chi connectivity index (χ2n) is 6.57. The van der Waals surface area contributed by atoms with E-state index in [0.717, 1.165) is 17.4 Å². The number of allylic oxidation sites excluding steroid dienone is 3. The Kier molecular flexibility index (Phi) is 7.42. The van der Waals surface area contributed by atoms with E-state index in [9.17, 15) is 4.39 Å². The minimum absolute atomic E-state index is 0.177. The van der Waals surface area contributed by atoms with Crippen LogP contribution >= 0.6 is 0 Å². The minimum atomic E-state index is -0.177. The Labute approximate surface area is 135 Å². The van der Waals surface area contributed by atoms with Gasteiger partial charge in [0.1, 0.15) is 5.82 Å². The third-order valence-electron chi connectivity index (χ3n) is 4.76. The molecule has 0 radical (unpaired) electrons. The number of halogens is 1. The van der Waals surface area contributed by atoms with Crippen LogP contribution in [0, 0.1) is 17.7 Å². The molecule has 0 N–H and O–H groups in total. The molecule has 1 aliphatic carbocycles. The van der Waals surface area contributed by atoms with Gasteiger partial charge in [0.2, 0.25) is 0 Å². The summed E-state index contributed by atoms with van der Waals surface area (Å²) in [5.74, 6) is 1.55. The molecule has 0 aliphatic heterocycles. The van der Waals surface area contributed by atoms with Gasteiger partial charge in [0.25, 0.3) is 0 Å². The molecule has 0 aromatic heterocycles. The van der Waals surface area contributed by atoms with Crippen molar-refractivity contribution in [3.63, 3.8) is 0 Å². The lowest BCUT2D eigenvalue weighted by molar-refractivity contribution is 0.289. The van der Waals surface area contributed by atoms with Crippen molar-refractivity contribution < 1.29 is 4.39 Å². The van der Waals surface area contributed by atoms with E-state index in [-0.39, 0.29) is 5.82 Å². The average molecular weight is 300 g/mol. The first-order valence-electron chi connectivity index (χ1n) is 8.88. The summed E-state index contributed by atoms with van der Waals surface area (Å²) in [7, 11) is 0. The van der Waals surface area contributed by atoms with Crippen molar-refractivity contribution in [2.45, 2.75) is 58.3 Å². The molecule has 1 aromatic rings. The summed E-state index contributed by atoms with van der Waals surface area (Å²) in [6.07, 6.45) is 19.7. The molecule has 1 saturated carbocycles. The minimum Gasteiger partial charge on any atom is -0.207 e. The normalized spacial score (nSPS) is 22.6. The fraction of sp³-hybridized carbons (Fsp3) is 0.524. The second kappa shape index (κ2) is 9.61. The molecule has 0 amide bonds. The van der Waals surface area contributed by atoms with Crippen LogP contribution in [0.2, 0.25) is 0 Å². The van der Waals surface area contributed by atoms with Crippen LogP contribution < -0.4 is 0 Å². The fourth-order valence-corrected chi connectivity index (χ4v) is 3.31. The first-order valence-corrected chi connectivity index (χ1v) is 8.88. The molecule has 0 heterocycles. The van der Waals surface area contributed by atoms with Gasteiger partial charge in [-0.15, -0.1) is 0 Å². The summed E-state index contributed by atoms with van der Waals surface area (Å²) in [4.78, 5) is 0. The van der Waals surface area contributed by atoms with E-state index in [2.05, 4.69) is 25.2 Å². The zero-order valence-electron chi connectivity index (χ0n) is 13.8. The standard InChI is InChI=1S/C21H29F/c1-2-3-4-7-18-10-12-19(13-11-18)8-5-6-9-20-14-16-21(22)17-15-20/h5-6,8-9,14-19H,2-4,7,10-13H2,1H3. The van der Waals surface area contributed by atoms with Crippen LogP contribution in [0.15, 0.2) is 42.5 Å². The summed E-state index contributed by atoms with van der Waals surface area (Å²) in [6, 6.07) is 6.62. The van der Waals surface area contributed by atoms with Crippen LogP contribution in [0.1, 0.15) is 63.9 Å². The molecular weight excluding hydrogens is 271 g/mol. The van der Waals surface area contributed by atoms with E-state index in [0.29, 0.717) is 0 Å². The molecule has 0 saturated heterocycles. The topological polar surface area (TPSA) is 0 Å². The van der Waals surface area contributed by atoms with Gasteiger partial charge in [0, 0.05) is 0 Å². The molecule has 1 aromatic carbocycles. The van der Waals surface area contributed by atoms with Crippen molar-refractivity contribution >= 4 is 6.08 Å². The maximum absolute atomic E-state index is 12.8. The van der Waals surface area contributed by atoms with E-state index >= 15 is 0 Å². The van der Waals surface area contributed by atoms with Gasteiger partial charge >= 0.3 is 0 Å². The molecular formula is C21H29F. The molecule has 2 rings (SSSR count). The highest BCUT2D eigenvalue weighted by molar-refractivity contribution is 5.50. The lowest BCUT2D eigenvalue weighted by Gasteiger charge is -2.26. The molecule has 0 nitrogen and oxygen atoms in total. The van der Waals surface area contributed by atoms with Gasteiger partial charge in [0.05, 0.1) is 0 Å². The Bertz CT molecular complexity index is 461. The first kappa shape index (κ1) is 17.0. The van der Waals surface area contributed by atoms with E-state index in [1.807, 2.05) is 6.08 Å². The van der Waals surface area contributed by atoms with Crippen LogP contribution in [0.4, 0.5) is 4.39 Å². The fourth-order valence-electron chi connectivity index (χ4n) is 3.31. The third-order valence-corrected chi connectivity index (χ3v) is 4.76. The van der Waals surface area contributed by atoms with Crippen LogP contribution in [-0.4, -0.2) is 0 Å². The Morgan fingerprint density at radius 1 is 1.00 bits per heavy atom. The van der Waals surface area contributed by atoms with Gasteiger partial charge < -0.3 is 0 Å². The third kappa shape index (κ3) is 6.17. The van der Waals surface area contributed by atoms with Gasteiger partial charge in [-0.25, -0.2) is 4.39 Å². The molecule has 22 heavy (non-hydrogen) atoms. The Morgan fingerprint density at radius 3 is 2.41 bits per heavy atom. The van der Waals surface area contributed by atoms with E-state index in [4.69, 9.17) is 0 Å². The Balaban J connectivity index is 1.68. The summed E-state index contributed by atoms with van der Waals surface area (Å²) < 4.78 is 12.8. The van der Waals surface area contributed by atoms with Gasteiger partial charge in [-0.2, -0.15) is 0 Å². The summed E-state index contributed by atoms with van der Waals surface area (Å²) in [5, 5.41) is 0. The van der Waals surface area contributed by atoms with Crippen molar-refractivity contribution in [1.29, 1.82) is 0 Å².